The van der Waals surface area contributed by atoms with Crippen LogP contribution in [0.4, 0.5) is 0 Å². The number of hydrogen-bond acceptors (Lipinski definition) is 7. The Morgan fingerprint density at radius 3 is 3.12 bits per heavy atom. The van der Waals surface area contributed by atoms with Crippen molar-refractivity contribution in [3.8, 4) is 0 Å². The molecule has 1 heterocycles. The summed E-state index contributed by atoms with van der Waals surface area (Å²) in [7, 11) is 0. The third-order valence-corrected chi connectivity index (χ3v) is 2.23. The molecule has 1 saturated heterocycles. The standard InChI is InChI=1S/C8H11N5O3/c9-3-4-10-5-1-2-6(13(14)15)8-7(5)11-16-12-8/h1-2,7,11-12H,3-4,9H2. The van der Waals surface area contributed by atoms with Gasteiger partial charge in [0.15, 0.2) is 0 Å². The van der Waals surface area contributed by atoms with Crippen LogP contribution in [0.15, 0.2) is 28.5 Å². The summed E-state index contributed by atoms with van der Waals surface area (Å²) < 4.78 is 0. The molecule has 86 valence electrons. The quantitative estimate of drug-likeness (QED) is 0.413. The van der Waals surface area contributed by atoms with Crippen LogP contribution in [0.3, 0.4) is 0 Å². The number of nitrogens with two attached hydrogens (primary N) is 1. The van der Waals surface area contributed by atoms with E-state index in [1.807, 2.05) is 0 Å². The highest BCUT2D eigenvalue weighted by Crippen LogP contribution is 2.19. The van der Waals surface area contributed by atoms with Gasteiger partial charge in [0, 0.05) is 12.6 Å². The van der Waals surface area contributed by atoms with Gasteiger partial charge in [-0.3, -0.25) is 15.1 Å². The molecular weight excluding hydrogens is 214 g/mol. The maximum Gasteiger partial charge on any atom is 0.292 e. The van der Waals surface area contributed by atoms with E-state index in [1.54, 1.807) is 6.08 Å². The molecule has 2 aliphatic rings. The van der Waals surface area contributed by atoms with Crippen molar-refractivity contribution in [3.05, 3.63) is 33.7 Å². The molecule has 1 atom stereocenters. The number of nitro groups is 1. The second-order valence-corrected chi connectivity index (χ2v) is 3.24. The Morgan fingerprint density at radius 1 is 1.62 bits per heavy atom. The summed E-state index contributed by atoms with van der Waals surface area (Å²) in [5.41, 5.74) is 11.4. The van der Waals surface area contributed by atoms with E-state index in [4.69, 9.17) is 10.7 Å². The van der Waals surface area contributed by atoms with Gasteiger partial charge >= 0.3 is 0 Å². The number of allylic oxidation sites excluding steroid dienone is 1. The molecule has 1 unspecified atom stereocenters. The van der Waals surface area contributed by atoms with Gasteiger partial charge in [0.25, 0.3) is 5.70 Å². The van der Waals surface area contributed by atoms with Crippen LogP contribution in [0.1, 0.15) is 0 Å². The molecule has 0 radical (unpaired) electrons. The molecule has 0 aromatic heterocycles. The average Bonchev–Trinajstić information content (AvgIpc) is 2.74. The first-order valence-electron chi connectivity index (χ1n) is 4.72. The number of aliphatic imine (C=N–C) groups is 1. The first-order chi connectivity index (χ1) is 7.74. The highest BCUT2D eigenvalue weighted by atomic mass is 16.8. The Balaban J connectivity index is 2.29. The second kappa shape index (κ2) is 4.39. The van der Waals surface area contributed by atoms with Crippen LogP contribution in [-0.4, -0.2) is 29.8 Å². The van der Waals surface area contributed by atoms with Gasteiger partial charge in [0.05, 0.1) is 17.2 Å². The van der Waals surface area contributed by atoms with Crippen molar-refractivity contribution in [3.63, 3.8) is 0 Å². The van der Waals surface area contributed by atoms with E-state index in [-0.39, 0.29) is 5.70 Å². The lowest BCUT2D eigenvalue weighted by atomic mass is 10.0. The highest BCUT2D eigenvalue weighted by Gasteiger charge is 2.35. The van der Waals surface area contributed by atoms with Crippen molar-refractivity contribution in [2.75, 3.05) is 13.1 Å². The molecule has 16 heavy (non-hydrogen) atoms. The van der Waals surface area contributed by atoms with Gasteiger partial charge < -0.3 is 5.73 Å². The fourth-order valence-corrected chi connectivity index (χ4v) is 1.52. The maximum absolute atomic E-state index is 10.7. The van der Waals surface area contributed by atoms with Gasteiger partial charge in [-0.2, -0.15) is 10.4 Å². The van der Waals surface area contributed by atoms with Crippen LogP contribution in [0, 0.1) is 10.1 Å². The fraction of sp³-hybridized carbons (Fsp3) is 0.375. The lowest BCUT2D eigenvalue weighted by Crippen LogP contribution is -2.34. The Morgan fingerprint density at radius 2 is 2.44 bits per heavy atom. The summed E-state index contributed by atoms with van der Waals surface area (Å²) in [4.78, 5) is 19.2. The molecule has 1 aliphatic carbocycles. The molecular formula is C8H11N5O3. The second-order valence-electron chi connectivity index (χ2n) is 3.24. The molecule has 0 amide bonds. The van der Waals surface area contributed by atoms with Gasteiger partial charge in [0.1, 0.15) is 11.7 Å². The summed E-state index contributed by atoms with van der Waals surface area (Å²) in [6.07, 6.45) is 2.98. The van der Waals surface area contributed by atoms with E-state index in [0.717, 1.165) is 0 Å². The predicted octanol–water partition coefficient (Wildman–Crippen LogP) is -1.15. The Labute approximate surface area is 90.9 Å². The first kappa shape index (κ1) is 10.7. The largest absolute Gasteiger partial charge is 0.329 e. The topological polar surface area (TPSA) is 115 Å². The normalized spacial score (nSPS) is 25.8. The number of nitrogens with zero attached hydrogens (tertiary/aromatic N) is 2. The van der Waals surface area contributed by atoms with Crippen LogP contribution in [0.2, 0.25) is 0 Å². The zero-order chi connectivity index (χ0) is 11.5. The Hall–Kier alpha value is -1.77. The summed E-state index contributed by atoms with van der Waals surface area (Å²) in [6, 6.07) is -0.419. The van der Waals surface area contributed by atoms with Gasteiger partial charge in [-0.15, -0.1) is 0 Å². The molecule has 0 aromatic rings. The SMILES string of the molecule is NCCN=C1C=CC([N+](=O)[O-])=C2NONC12. The molecule has 8 nitrogen and oxygen atoms in total. The third-order valence-electron chi connectivity index (χ3n) is 2.23. The van der Waals surface area contributed by atoms with Crippen LogP contribution in [0.5, 0.6) is 0 Å². The van der Waals surface area contributed by atoms with E-state index in [1.165, 1.54) is 6.08 Å². The van der Waals surface area contributed by atoms with Crippen molar-refractivity contribution in [1.29, 1.82) is 0 Å². The molecule has 0 saturated carbocycles. The minimum atomic E-state index is -0.470. The summed E-state index contributed by atoms with van der Waals surface area (Å²) >= 11 is 0. The first-order valence-corrected chi connectivity index (χ1v) is 4.72. The molecule has 0 aromatic carbocycles. The van der Waals surface area contributed by atoms with Crippen molar-refractivity contribution in [2.45, 2.75) is 6.04 Å². The lowest BCUT2D eigenvalue weighted by molar-refractivity contribution is -0.420. The number of fused-ring (bicyclic) bond motifs is 1. The van der Waals surface area contributed by atoms with E-state index >= 15 is 0 Å². The van der Waals surface area contributed by atoms with Crippen molar-refractivity contribution >= 4 is 5.71 Å². The smallest absolute Gasteiger partial charge is 0.292 e. The fourth-order valence-electron chi connectivity index (χ4n) is 1.52. The van der Waals surface area contributed by atoms with Crippen molar-refractivity contribution < 1.29 is 9.86 Å². The van der Waals surface area contributed by atoms with Crippen LogP contribution in [0.25, 0.3) is 0 Å². The van der Waals surface area contributed by atoms with E-state index in [9.17, 15) is 10.1 Å². The summed E-state index contributed by atoms with van der Waals surface area (Å²) in [5, 5.41) is 10.7. The van der Waals surface area contributed by atoms with Crippen LogP contribution < -0.4 is 16.7 Å². The number of nitrogens with one attached hydrogen (secondary N) is 2. The molecule has 0 spiro atoms. The molecule has 0 bridgehead atoms. The summed E-state index contributed by atoms with van der Waals surface area (Å²) in [5.74, 6) is 0. The number of rotatable bonds is 3. The highest BCUT2D eigenvalue weighted by molar-refractivity contribution is 6.03. The minimum absolute atomic E-state index is 0.0262. The van der Waals surface area contributed by atoms with E-state index in [2.05, 4.69) is 16.0 Å². The minimum Gasteiger partial charge on any atom is -0.329 e. The van der Waals surface area contributed by atoms with Crippen LogP contribution >= 0.6 is 0 Å². The monoisotopic (exact) mass is 225 g/mol. The van der Waals surface area contributed by atoms with E-state index in [0.29, 0.717) is 24.5 Å². The van der Waals surface area contributed by atoms with Gasteiger partial charge in [0.2, 0.25) is 0 Å². The van der Waals surface area contributed by atoms with Gasteiger partial charge in [-0.1, -0.05) is 0 Å². The Kier molecular flexibility index (Phi) is 2.95. The molecule has 1 fully saturated rings. The van der Waals surface area contributed by atoms with Gasteiger partial charge in [-0.05, 0) is 6.08 Å². The van der Waals surface area contributed by atoms with Crippen molar-refractivity contribution in [1.82, 2.24) is 11.0 Å². The third kappa shape index (κ3) is 1.81. The molecule has 4 N–H and O–H groups in total. The van der Waals surface area contributed by atoms with E-state index < -0.39 is 11.0 Å². The Bertz CT molecular complexity index is 400. The molecule has 2 rings (SSSR count). The maximum atomic E-state index is 10.7. The molecule has 8 heteroatoms. The number of hydroxylamine groups is 2. The number of hydrogen-bond donors (Lipinski definition) is 3. The predicted molar refractivity (Wildman–Crippen MR) is 55.7 cm³/mol. The lowest BCUT2D eigenvalue weighted by Gasteiger charge is -2.13. The molecule has 1 aliphatic heterocycles. The zero-order valence-corrected chi connectivity index (χ0v) is 8.34. The zero-order valence-electron chi connectivity index (χ0n) is 8.34. The van der Waals surface area contributed by atoms with Gasteiger partial charge in [-0.25, -0.2) is 5.48 Å². The van der Waals surface area contributed by atoms with Crippen molar-refractivity contribution in [2.24, 2.45) is 10.7 Å². The summed E-state index contributed by atoms with van der Waals surface area (Å²) in [6.45, 7) is 0.901. The van der Waals surface area contributed by atoms with Crippen LogP contribution in [-0.2, 0) is 4.94 Å². The average molecular weight is 225 g/mol.